The Balaban J connectivity index is 2.11. The van der Waals surface area contributed by atoms with Gasteiger partial charge in [-0.2, -0.15) is 0 Å². The van der Waals surface area contributed by atoms with Crippen molar-refractivity contribution in [3.05, 3.63) is 66.0 Å². The molecule has 142 valence electrons. The summed E-state index contributed by atoms with van der Waals surface area (Å²) in [5, 5.41) is 7.19. The van der Waals surface area contributed by atoms with Crippen LogP contribution in [0.25, 0.3) is 0 Å². The normalized spacial score (nSPS) is 11.6. The van der Waals surface area contributed by atoms with E-state index >= 15 is 0 Å². The van der Waals surface area contributed by atoms with Crippen molar-refractivity contribution in [2.24, 2.45) is 0 Å². The topological polar surface area (TPSA) is 90.5 Å². The van der Waals surface area contributed by atoms with E-state index in [9.17, 15) is 18.8 Å². The molecule has 0 heterocycles. The summed E-state index contributed by atoms with van der Waals surface area (Å²) in [5.74, 6) is -1.34. The SMILES string of the molecule is CNC(=O)NC(=O)[C@H](c1ccccc1)N(C)CC(=O)Nc1ccc(F)cc1. The molecule has 7 nitrogen and oxygen atoms in total. The van der Waals surface area contributed by atoms with Crippen LogP contribution in [0.5, 0.6) is 0 Å². The van der Waals surface area contributed by atoms with E-state index in [4.69, 9.17) is 0 Å². The maximum atomic E-state index is 13.0. The number of carbonyl (C=O) groups is 3. The molecule has 0 saturated heterocycles. The minimum Gasteiger partial charge on any atom is -0.341 e. The van der Waals surface area contributed by atoms with Gasteiger partial charge >= 0.3 is 6.03 Å². The summed E-state index contributed by atoms with van der Waals surface area (Å²) in [6.45, 7) is -0.113. The van der Waals surface area contributed by atoms with Gasteiger partial charge in [-0.15, -0.1) is 0 Å². The van der Waals surface area contributed by atoms with Gasteiger partial charge in [-0.05, 0) is 36.9 Å². The summed E-state index contributed by atoms with van der Waals surface area (Å²) < 4.78 is 13.0. The fourth-order valence-corrected chi connectivity index (χ4v) is 2.54. The molecule has 0 radical (unpaired) electrons. The number of hydrogen-bond acceptors (Lipinski definition) is 4. The van der Waals surface area contributed by atoms with Crippen LogP contribution in [0.4, 0.5) is 14.9 Å². The second kappa shape index (κ2) is 9.44. The molecule has 2 aromatic rings. The Morgan fingerprint density at radius 1 is 1.04 bits per heavy atom. The number of anilines is 1. The van der Waals surface area contributed by atoms with Crippen molar-refractivity contribution in [1.29, 1.82) is 0 Å². The molecule has 8 heteroatoms. The van der Waals surface area contributed by atoms with Crippen molar-refractivity contribution in [2.45, 2.75) is 6.04 Å². The zero-order valence-electron chi connectivity index (χ0n) is 15.0. The first-order chi connectivity index (χ1) is 12.9. The minimum absolute atomic E-state index is 0.113. The van der Waals surface area contributed by atoms with Gasteiger partial charge in [0.25, 0.3) is 0 Å². The van der Waals surface area contributed by atoms with Crippen LogP contribution in [0.1, 0.15) is 11.6 Å². The third-order valence-corrected chi connectivity index (χ3v) is 3.79. The van der Waals surface area contributed by atoms with Crippen LogP contribution in [-0.4, -0.2) is 43.4 Å². The summed E-state index contributed by atoms with van der Waals surface area (Å²) in [7, 11) is 3.01. The van der Waals surface area contributed by atoms with E-state index < -0.39 is 23.8 Å². The van der Waals surface area contributed by atoms with Crippen LogP contribution in [0.15, 0.2) is 54.6 Å². The summed E-state index contributed by atoms with van der Waals surface area (Å²) in [6.07, 6.45) is 0. The first kappa shape index (κ1) is 20.1. The van der Waals surface area contributed by atoms with Gasteiger partial charge in [0.15, 0.2) is 0 Å². The molecule has 1 atom stereocenters. The molecule has 27 heavy (non-hydrogen) atoms. The molecule has 0 aromatic heterocycles. The van der Waals surface area contributed by atoms with Gasteiger partial charge in [-0.25, -0.2) is 9.18 Å². The fraction of sp³-hybridized carbons (Fsp3) is 0.211. The number of urea groups is 1. The van der Waals surface area contributed by atoms with Crippen LogP contribution in [0, 0.1) is 5.82 Å². The van der Waals surface area contributed by atoms with Gasteiger partial charge in [0, 0.05) is 12.7 Å². The van der Waals surface area contributed by atoms with E-state index in [2.05, 4.69) is 16.0 Å². The van der Waals surface area contributed by atoms with Crippen molar-refractivity contribution in [2.75, 3.05) is 26.0 Å². The van der Waals surface area contributed by atoms with E-state index in [1.165, 1.54) is 36.2 Å². The number of carbonyl (C=O) groups excluding carboxylic acids is 3. The Morgan fingerprint density at radius 3 is 2.26 bits per heavy atom. The van der Waals surface area contributed by atoms with Crippen molar-refractivity contribution < 1.29 is 18.8 Å². The predicted octanol–water partition coefficient (Wildman–Crippen LogP) is 1.89. The quantitative estimate of drug-likeness (QED) is 0.722. The highest BCUT2D eigenvalue weighted by atomic mass is 19.1. The zero-order valence-corrected chi connectivity index (χ0v) is 15.0. The maximum absolute atomic E-state index is 13.0. The van der Waals surface area contributed by atoms with E-state index in [-0.39, 0.29) is 12.5 Å². The summed E-state index contributed by atoms with van der Waals surface area (Å²) in [5.41, 5.74) is 1.08. The molecule has 0 saturated carbocycles. The third kappa shape index (κ3) is 5.89. The number of nitrogens with zero attached hydrogens (tertiary/aromatic N) is 1. The maximum Gasteiger partial charge on any atom is 0.321 e. The molecule has 0 bridgehead atoms. The Morgan fingerprint density at radius 2 is 1.67 bits per heavy atom. The molecular weight excluding hydrogens is 351 g/mol. The van der Waals surface area contributed by atoms with Gasteiger partial charge in [0.2, 0.25) is 11.8 Å². The van der Waals surface area contributed by atoms with Gasteiger partial charge in [0.1, 0.15) is 11.9 Å². The Labute approximate surface area is 156 Å². The monoisotopic (exact) mass is 372 g/mol. The molecular formula is C19H21FN4O3. The minimum atomic E-state index is -0.845. The van der Waals surface area contributed by atoms with Crippen molar-refractivity contribution >= 4 is 23.5 Å². The molecule has 0 aliphatic carbocycles. The lowest BCUT2D eigenvalue weighted by Crippen LogP contribution is -2.46. The first-order valence-corrected chi connectivity index (χ1v) is 8.24. The smallest absolute Gasteiger partial charge is 0.321 e. The lowest BCUT2D eigenvalue weighted by molar-refractivity contribution is -0.126. The molecule has 2 rings (SSSR count). The third-order valence-electron chi connectivity index (χ3n) is 3.79. The molecule has 3 N–H and O–H groups in total. The van der Waals surface area contributed by atoms with Gasteiger partial charge in [0.05, 0.1) is 6.54 Å². The van der Waals surface area contributed by atoms with Crippen LogP contribution >= 0.6 is 0 Å². The van der Waals surface area contributed by atoms with E-state index in [1.807, 2.05) is 0 Å². The number of amides is 4. The summed E-state index contributed by atoms with van der Waals surface area (Å²) >= 11 is 0. The molecule has 0 unspecified atom stereocenters. The molecule has 0 fully saturated rings. The molecule has 0 aliphatic heterocycles. The Kier molecular flexibility index (Phi) is 7.01. The molecule has 2 aromatic carbocycles. The highest BCUT2D eigenvalue weighted by molar-refractivity contribution is 5.98. The van der Waals surface area contributed by atoms with Crippen LogP contribution in [-0.2, 0) is 9.59 Å². The fourth-order valence-electron chi connectivity index (χ4n) is 2.54. The standard InChI is InChI=1S/C19H21FN4O3/c1-21-19(27)23-18(26)17(13-6-4-3-5-7-13)24(2)12-16(25)22-15-10-8-14(20)9-11-15/h3-11,17H,12H2,1-2H3,(H,22,25)(H2,21,23,26,27)/t17-/m0/s1. The summed E-state index contributed by atoms with van der Waals surface area (Å²) in [4.78, 5) is 37.9. The zero-order chi connectivity index (χ0) is 19.8. The molecule has 0 spiro atoms. The second-order valence-corrected chi connectivity index (χ2v) is 5.85. The number of halogens is 1. The lowest BCUT2D eigenvalue weighted by Gasteiger charge is -2.26. The predicted molar refractivity (Wildman–Crippen MR) is 99.4 cm³/mol. The van der Waals surface area contributed by atoms with Gasteiger partial charge in [-0.1, -0.05) is 30.3 Å². The van der Waals surface area contributed by atoms with E-state index in [0.29, 0.717) is 11.3 Å². The largest absolute Gasteiger partial charge is 0.341 e. The van der Waals surface area contributed by atoms with Gasteiger partial charge < -0.3 is 10.6 Å². The molecule has 4 amide bonds. The number of benzene rings is 2. The Bertz CT molecular complexity index is 796. The Hall–Kier alpha value is -3.26. The molecule has 0 aliphatic rings. The lowest BCUT2D eigenvalue weighted by atomic mass is 10.0. The first-order valence-electron chi connectivity index (χ1n) is 8.24. The van der Waals surface area contributed by atoms with Crippen molar-refractivity contribution in [1.82, 2.24) is 15.5 Å². The van der Waals surface area contributed by atoms with Gasteiger partial charge in [-0.3, -0.25) is 19.8 Å². The average molecular weight is 372 g/mol. The van der Waals surface area contributed by atoms with E-state index in [1.54, 1.807) is 37.4 Å². The number of likely N-dealkylation sites (N-methyl/N-ethyl adjacent to an activating group) is 1. The van der Waals surface area contributed by atoms with Crippen molar-refractivity contribution in [3.63, 3.8) is 0 Å². The van der Waals surface area contributed by atoms with Crippen LogP contribution in [0.3, 0.4) is 0 Å². The summed E-state index contributed by atoms with van der Waals surface area (Å²) in [6, 6.07) is 12.7. The number of imide groups is 1. The number of hydrogen-bond donors (Lipinski definition) is 3. The highest BCUT2D eigenvalue weighted by Crippen LogP contribution is 2.19. The highest BCUT2D eigenvalue weighted by Gasteiger charge is 2.27. The average Bonchev–Trinajstić information content (AvgIpc) is 2.64. The number of rotatable bonds is 6. The van der Waals surface area contributed by atoms with Crippen LogP contribution in [0.2, 0.25) is 0 Å². The number of nitrogens with one attached hydrogen (secondary N) is 3. The van der Waals surface area contributed by atoms with Crippen LogP contribution < -0.4 is 16.0 Å². The van der Waals surface area contributed by atoms with Crippen molar-refractivity contribution in [3.8, 4) is 0 Å². The van der Waals surface area contributed by atoms with E-state index in [0.717, 1.165) is 0 Å². The second-order valence-electron chi connectivity index (χ2n) is 5.85.